The second kappa shape index (κ2) is 6.85. The van der Waals surface area contributed by atoms with E-state index in [2.05, 4.69) is 20.2 Å². The highest BCUT2D eigenvalue weighted by Crippen LogP contribution is 2.18. The number of aryl methyl sites for hydroxylation is 1. The maximum absolute atomic E-state index is 5.70. The molecule has 1 N–H and O–H groups in total. The smallest absolute Gasteiger partial charge is 0.229 e. The van der Waals surface area contributed by atoms with Crippen molar-refractivity contribution in [3.63, 3.8) is 0 Å². The lowest BCUT2D eigenvalue weighted by atomic mass is 10.3. The van der Waals surface area contributed by atoms with Gasteiger partial charge in [0.2, 0.25) is 11.8 Å². The Morgan fingerprint density at radius 2 is 2.30 bits per heavy atom. The molecule has 1 aromatic rings. The first kappa shape index (κ1) is 15.0. The SMILES string of the molecule is CNCC1CN(c2nc(C)cc(OC(C)C)n2)CCO1. The molecule has 2 rings (SSSR count). The minimum absolute atomic E-state index is 0.110. The van der Waals surface area contributed by atoms with E-state index in [1.807, 2.05) is 33.9 Å². The van der Waals surface area contributed by atoms with Crippen LogP contribution in [-0.2, 0) is 4.74 Å². The number of hydrogen-bond acceptors (Lipinski definition) is 6. The molecule has 1 aromatic heterocycles. The third-order valence-corrected chi connectivity index (χ3v) is 3.03. The molecule has 0 spiro atoms. The summed E-state index contributed by atoms with van der Waals surface area (Å²) in [6.45, 7) is 9.09. The predicted octanol–water partition coefficient (Wildman–Crippen LogP) is 0.997. The third kappa shape index (κ3) is 4.05. The zero-order chi connectivity index (χ0) is 14.5. The van der Waals surface area contributed by atoms with E-state index in [4.69, 9.17) is 9.47 Å². The molecule has 0 aromatic carbocycles. The first-order valence-electron chi connectivity index (χ1n) is 7.12. The van der Waals surface area contributed by atoms with Gasteiger partial charge in [-0.1, -0.05) is 0 Å². The molecule has 1 aliphatic rings. The Morgan fingerprint density at radius 3 is 3.00 bits per heavy atom. The van der Waals surface area contributed by atoms with Crippen LogP contribution in [-0.4, -0.2) is 55.5 Å². The number of rotatable bonds is 5. The van der Waals surface area contributed by atoms with Gasteiger partial charge in [0, 0.05) is 31.4 Å². The van der Waals surface area contributed by atoms with Crippen molar-refractivity contribution in [3.8, 4) is 5.88 Å². The van der Waals surface area contributed by atoms with Crippen LogP contribution < -0.4 is 15.0 Å². The molecule has 1 saturated heterocycles. The van der Waals surface area contributed by atoms with Crippen molar-refractivity contribution in [2.24, 2.45) is 0 Å². The fraction of sp³-hybridized carbons (Fsp3) is 0.714. The van der Waals surface area contributed by atoms with Crippen LogP contribution in [0.25, 0.3) is 0 Å². The fourth-order valence-electron chi connectivity index (χ4n) is 2.22. The van der Waals surface area contributed by atoms with E-state index in [9.17, 15) is 0 Å². The van der Waals surface area contributed by atoms with Gasteiger partial charge in [0.25, 0.3) is 0 Å². The summed E-state index contributed by atoms with van der Waals surface area (Å²) in [6.07, 6.45) is 0.284. The number of aromatic nitrogens is 2. The summed E-state index contributed by atoms with van der Waals surface area (Å²) in [7, 11) is 1.93. The highest BCUT2D eigenvalue weighted by atomic mass is 16.5. The van der Waals surface area contributed by atoms with Crippen molar-refractivity contribution in [1.29, 1.82) is 0 Å². The van der Waals surface area contributed by atoms with Gasteiger partial charge in [0.05, 0.1) is 18.8 Å². The topological polar surface area (TPSA) is 59.5 Å². The van der Waals surface area contributed by atoms with Gasteiger partial charge >= 0.3 is 0 Å². The minimum Gasteiger partial charge on any atom is -0.475 e. The Labute approximate surface area is 120 Å². The van der Waals surface area contributed by atoms with Crippen LogP contribution in [0, 0.1) is 6.92 Å². The predicted molar refractivity (Wildman–Crippen MR) is 78.4 cm³/mol. The van der Waals surface area contributed by atoms with Gasteiger partial charge in [0.1, 0.15) is 0 Å². The van der Waals surface area contributed by atoms with Crippen LogP contribution in [0.3, 0.4) is 0 Å². The van der Waals surface area contributed by atoms with Crippen molar-refractivity contribution >= 4 is 5.95 Å². The standard InChI is InChI=1S/C14H24N4O2/c1-10(2)20-13-7-11(3)16-14(17-13)18-5-6-19-12(9-18)8-15-4/h7,10,12,15H,5-6,8-9H2,1-4H3. The summed E-state index contributed by atoms with van der Waals surface area (Å²) in [4.78, 5) is 11.2. The normalized spacial score (nSPS) is 19.4. The average Bonchev–Trinajstić information content (AvgIpc) is 2.38. The monoisotopic (exact) mass is 280 g/mol. The lowest BCUT2D eigenvalue weighted by Crippen LogP contribution is -2.46. The van der Waals surface area contributed by atoms with Crippen molar-refractivity contribution in [2.75, 3.05) is 38.2 Å². The molecular weight excluding hydrogens is 256 g/mol. The first-order chi connectivity index (χ1) is 9.58. The summed E-state index contributed by atoms with van der Waals surface area (Å²) in [5.74, 6) is 1.37. The van der Waals surface area contributed by atoms with E-state index in [1.165, 1.54) is 0 Å². The second-order valence-corrected chi connectivity index (χ2v) is 5.31. The molecule has 1 fully saturated rings. The average molecular weight is 280 g/mol. The Hall–Kier alpha value is -1.40. The molecule has 0 aliphatic carbocycles. The van der Waals surface area contributed by atoms with E-state index < -0.39 is 0 Å². The van der Waals surface area contributed by atoms with Gasteiger partial charge in [-0.15, -0.1) is 0 Å². The number of anilines is 1. The first-order valence-corrected chi connectivity index (χ1v) is 7.12. The van der Waals surface area contributed by atoms with Crippen LogP contribution in [0.5, 0.6) is 5.88 Å². The highest BCUT2D eigenvalue weighted by molar-refractivity contribution is 5.35. The van der Waals surface area contributed by atoms with Crippen molar-refractivity contribution in [2.45, 2.75) is 33.0 Å². The Bertz CT molecular complexity index is 437. The molecule has 0 amide bonds. The molecule has 1 unspecified atom stereocenters. The molecule has 1 atom stereocenters. The zero-order valence-electron chi connectivity index (χ0n) is 12.7. The number of nitrogens with zero attached hydrogens (tertiary/aromatic N) is 3. The molecular formula is C14H24N4O2. The van der Waals surface area contributed by atoms with Crippen LogP contribution in [0.15, 0.2) is 6.07 Å². The van der Waals surface area contributed by atoms with Gasteiger partial charge < -0.3 is 19.7 Å². The Kier molecular flexibility index (Phi) is 5.14. The molecule has 20 heavy (non-hydrogen) atoms. The van der Waals surface area contributed by atoms with Gasteiger partial charge in [-0.2, -0.15) is 4.98 Å². The van der Waals surface area contributed by atoms with Gasteiger partial charge in [-0.05, 0) is 27.8 Å². The van der Waals surface area contributed by atoms with Gasteiger partial charge in [0.15, 0.2) is 0 Å². The largest absolute Gasteiger partial charge is 0.475 e. The summed E-state index contributed by atoms with van der Waals surface area (Å²) >= 11 is 0. The Morgan fingerprint density at radius 1 is 1.50 bits per heavy atom. The summed E-state index contributed by atoms with van der Waals surface area (Å²) in [5, 5.41) is 3.14. The van der Waals surface area contributed by atoms with E-state index in [0.717, 1.165) is 31.3 Å². The van der Waals surface area contributed by atoms with Crippen LogP contribution >= 0.6 is 0 Å². The van der Waals surface area contributed by atoms with E-state index >= 15 is 0 Å². The number of nitrogens with one attached hydrogen (secondary N) is 1. The summed E-state index contributed by atoms with van der Waals surface area (Å²) < 4.78 is 11.4. The van der Waals surface area contributed by atoms with E-state index in [-0.39, 0.29) is 12.2 Å². The quantitative estimate of drug-likeness (QED) is 0.868. The lowest BCUT2D eigenvalue weighted by Gasteiger charge is -2.33. The van der Waals surface area contributed by atoms with Crippen LogP contribution in [0.2, 0.25) is 0 Å². The van der Waals surface area contributed by atoms with Crippen molar-refractivity contribution in [1.82, 2.24) is 15.3 Å². The van der Waals surface area contributed by atoms with Gasteiger partial charge in [-0.3, -0.25) is 0 Å². The maximum Gasteiger partial charge on any atom is 0.229 e. The summed E-state index contributed by atoms with van der Waals surface area (Å²) in [5.41, 5.74) is 0.919. The molecule has 0 saturated carbocycles. The fourth-order valence-corrected chi connectivity index (χ4v) is 2.22. The number of hydrogen-bond donors (Lipinski definition) is 1. The molecule has 2 heterocycles. The van der Waals surface area contributed by atoms with Crippen molar-refractivity contribution in [3.05, 3.63) is 11.8 Å². The molecule has 6 nitrogen and oxygen atoms in total. The van der Waals surface area contributed by atoms with E-state index in [1.54, 1.807) is 0 Å². The maximum atomic E-state index is 5.70. The summed E-state index contributed by atoms with van der Waals surface area (Å²) in [6, 6.07) is 1.87. The number of morpholine rings is 1. The number of likely N-dealkylation sites (N-methyl/N-ethyl adjacent to an activating group) is 1. The van der Waals surface area contributed by atoms with Crippen molar-refractivity contribution < 1.29 is 9.47 Å². The Balaban J connectivity index is 2.12. The highest BCUT2D eigenvalue weighted by Gasteiger charge is 2.22. The zero-order valence-corrected chi connectivity index (χ0v) is 12.7. The minimum atomic E-state index is 0.110. The molecule has 112 valence electrons. The molecule has 1 aliphatic heterocycles. The number of ether oxygens (including phenoxy) is 2. The van der Waals surface area contributed by atoms with Crippen LogP contribution in [0.4, 0.5) is 5.95 Å². The molecule has 0 bridgehead atoms. The van der Waals surface area contributed by atoms with Gasteiger partial charge in [-0.25, -0.2) is 4.98 Å². The van der Waals surface area contributed by atoms with Crippen LogP contribution in [0.1, 0.15) is 19.5 Å². The second-order valence-electron chi connectivity index (χ2n) is 5.31. The van der Waals surface area contributed by atoms with E-state index in [0.29, 0.717) is 12.5 Å². The lowest BCUT2D eigenvalue weighted by molar-refractivity contribution is 0.0415. The third-order valence-electron chi connectivity index (χ3n) is 3.03. The molecule has 0 radical (unpaired) electrons. The molecule has 6 heteroatoms.